The van der Waals surface area contributed by atoms with E-state index in [1.165, 1.54) is 5.56 Å². The van der Waals surface area contributed by atoms with Crippen LogP contribution in [0.3, 0.4) is 0 Å². The third kappa shape index (κ3) is 5.05. The molecule has 0 saturated carbocycles. The van der Waals surface area contributed by atoms with Crippen molar-refractivity contribution in [2.24, 2.45) is 5.92 Å². The summed E-state index contributed by atoms with van der Waals surface area (Å²) in [5, 5.41) is 3.32. The molecule has 5 nitrogen and oxygen atoms in total. The summed E-state index contributed by atoms with van der Waals surface area (Å²) in [4.78, 5) is 21.3. The monoisotopic (exact) mass is 352 g/mol. The number of anilines is 1. The summed E-state index contributed by atoms with van der Waals surface area (Å²) >= 11 is 0. The molecule has 0 spiro atoms. The minimum Gasteiger partial charge on any atom is -0.384 e. The predicted molar refractivity (Wildman–Crippen MR) is 105 cm³/mol. The molecule has 1 N–H and O–H groups in total. The number of hydrogen-bond acceptors (Lipinski definition) is 4. The number of amides is 1. The number of nitrogens with zero attached hydrogens (tertiary/aromatic N) is 3. The molecule has 1 saturated heterocycles. The third-order valence-corrected chi connectivity index (χ3v) is 4.61. The molecule has 0 radical (unpaired) electrons. The average Bonchev–Trinajstić information content (AvgIpc) is 2.68. The fraction of sp³-hybridized carbons (Fsp3) is 0.429. The molecular weight excluding hydrogens is 324 g/mol. The zero-order chi connectivity index (χ0) is 18.4. The van der Waals surface area contributed by atoms with E-state index in [0.717, 1.165) is 45.0 Å². The Bertz CT molecular complexity index is 692. The van der Waals surface area contributed by atoms with Crippen LogP contribution < -0.4 is 5.32 Å². The van der Waals surface area contributed by atoms with Gasteiger partial charge in [-0.15, -0.1) is 0 Å². The first kappa shape index (κ1) is 18.4. The Morgan fingerprint density at radius 1 is 1.08 bits per heavy atom. The summed E-state index contributed by atoms with van der Waals surface area (Å²) in [6.07, 6.45) is 1.75. The molecule has 1 amide bonds. The highest BCUT2D eigenvalue weighted by Crippen LogP contribution is 2.12. The molecule has 2 heterocycles. The highest BCUT2D eigenvalue weighted by atomic mass is 16.2. The van der Waals surface area contributed by atoms with Gasteiger partial charge in [0.15, 0.2) is 0 Å². The van der Waals surface area contributed by atoms with Crippen LogP contribution in [0.15, 0.2) is 48.7 Å². The van der Waals surface area contributed by atoms with Gasteiger partial charge in [-0.05, 0) is 23.6 Å². The van der Waals surface area contributed by atoms with Crippen molar-refractivity contribution in [3.63, 3.8) is 0 Å². The summed E-state index contributed by atoms with van der Waals surface area (Å²) < 4.78 is 0. The molecule has 0 bridgehead atoms. The fourth-order valence-electron chi connectivity index (χ4n) is 3.06. The molecule has 1 aliphatic rings. The Morgan fingerprint density at radius 3 is 2.42 bits per heavy atom. The van der Waals surface area contributed by atoms with Crippen LogP contribution in [0.25, 0.3) is 0 Å². The Labute approximate surface area is 156 Å². The van der Waals surface area contributed by atoms with Crippen LogP contribution in [0.1, 0.15) is 29.9 Å². The second kappa shape index (κ2) is 8.81. The van der Waals surface area contributed by atoms with E-state index in [2.05, 4.69) is 53.3 Å². The highest BCUT2D eigenvalue weighted by Gasteiger charge is 2.22. The Hall–Kier alpha value is -2.40. The zero-order valence-corrected chi connectivity index (χ0v) is 15.7. The standard InChI is InChI=1S/C21H28N4O/c1-17(2)14-22-19-8-9-20(23-15-19)21(26)25-12-10-24(11-13-25)16-18-6-4-3-5-7-18/h3-9,15,17,22H,10-14,16H2,1-2H3. The Balaban J connectivity index is 1.50. The zero-order valence-electron chi connectivity index (χ0n) is 15.7. The van der Waals surface area contributed by atoms with Gasteiger partial charge in [0.1, 0.15) is 5.69 Å². The van der Waals surface area contributed by atoms with Crippen LogP contribution in [-0.4, -0.2) is 53.4 Å². The van der Waals surface area contributed by atoms with Crippen molar-refractivity contribution in [1.29, 1.82) is 0 Å². The molecule has 1 fully saturated rings. The first-order valence-corrected chi connectivity index (χ1v) is 9.37. The number of nitrogens with one attached hydrogen (secondary N) is 1. The molecule has 2 aromatic rings. The van der Waals surface area contributed by atoms with Crippen LogP contribution in [0, 0.1) is 5.92 Å². The lowest BCUT2D eigenvalue weighted by molar-refractivity contribution is 0.0623. The molecule has 138 valence electrons. The van der Waals surface area contributed by atoms with Crippen LogP contribution >= 0.6 is 0 Å². The minimum absolute atomic E-state index is 0.0276. The van der Waals surface area contributed by atoms with Crippen molar-refractivity contribution in [2.45, 2.75) is 20.4 Å². The number of piperazine rings is 1. The number of pyridine rings is 1. The van der Waals surface area contributed by atoms with E-state index in [1.807, 2.05) is 23.1 Å². The van der Waals surface area contributed by atoms with Crippen molar-refractivity contribution in [3.05, 3.63) is 59.9 Å². The highest BCUT2D eigenvalue weighted by molar-refractivity contribution is 5.92. The van der Waals surface area contributed by atoms with E-state index in [0.29, 0.717) is 11.6 Å². The van der Waals surface area contributed by atoms with Gasteiger partial charge in [0.25, 0.3) is 5.91 Å². The first-order valence-electron chi connectivity index (χ1n) is 9.37. The van der Waals surface area contributed by atoms with Gasteiger partial charge in [0.05, 0.1) is 11.9 Å². The minimum atomic E-state index is 0.0276. The molecule has 0 aliphatic carbocycles. The lowest BCUT2D eigenvalue weighted by Gasteiger charge is -2.34. The van der Waals surface area contributed by atoms with Crippen LogP contribution in [0.2, 0.25) is 0 Å². The fourth-order valence-corrected chi connectivity index (χ4v) is 3.06. The van der Waals surface area contributed by atoms with E-state index in [-0.39, 0.29) is 5.91 Å². The van der Waals surface area contributed by atoms with Crippen LogP contribution in [0.4, 0.5) is 5.69 Å². The lowest BCUT2D eigenvalue weighted by atomic mass is 10.2. The largest absolute Gasteiger partial charge is 0.384 e. The molecule has 0 atom stereocenters. The van der Waals surface area contributed by atoms with Gasteiger partial charge in [0.2, 0.25) is 0 Å². The normalized spacial score (nSPS) is 15.3. The molecule has 5 heteroatoms. The third-order valence-electron chi connectivity index (χ3n) is 4.61. The lowest BCUT2D eigenvalue weighted by Crippen LogP contribution is -2.48. The van der Waals surface area contributed by atoms with Gasteiger partial charge in [-0.3, -0.25) is 9.69 Å². The maximum Gasteiger partial charge on any atom is 0.272 e. The predicted octanol–water partition coefficient (Wildman–Crippen LogP) is 3.11. The van der Waals surface area contributed by atoms with Crippen molar-refractivity contribution in [3.8, 4) is 0 Å². The molecule has 3 rings (SSSR count). The van der Waals surface area contributed by atoms with Crippen LogP contribution in [-0.2, 0) is 6.54 Å². The smallest absolute Gasteiger partial charge is 0.272 e. The second-order valence-corrected chi connectivity index (χ2v) is 7.26. The topological polar surface area (TPSA) is 48.5 Å². The summed E-state index contributed by atoms with van der Waals surface area (Å²) in [5.41, 5.74) is 2.80. The van der Waals surface area contributed by atoms with Gasteiger partial charge in [-0.1, -0.05) is 44.2 Å². The van der Waals surface area contributed by atoms with E-state index < -0.39 is 0 Å². The first-order chi connectivity index (χ1) is 12.6. The Kier molecular flexibility index (Phi) is 6.23. The van der Waals surface area contributed by atoms with Gasteiger partial charge < -0.3 is 10.2 Å². The summed E-state index contributed by atoms with van der Waals surface area (Å²) in [6, 6.07) is 14.2. The van der Waals surface area contributed by atoms with Gasteiger partial charge in [-0.25, -0.2) is 4.98 Å². The SMILES string of the molecule is CC(C)CNc1ccc(C(=O)N2CCN(Cc3ccccc3)CC2)nc1. The van der Waals surface area contributed by atoms with Gasteiger partial charge in [-0.2, -0.15) is 0 Å². The van der Waals surface area contributed by atoms with Crippen molar-refractivity contribution in [1.82, 2.24) is 14.8 Å². The van der Waals surface area contributed by atoms with E-state index in [9.17, 15) is 4.79 Å². The van der Waals surface area contributed by atoms with Crippen molar-refractivity contribution < 1.29 is 4.79 Å². The summed E-state index contributed by atoms with van der Waals surface area (Å²) in [7, 11) is 0. The summed E-state index contributed by atoms with van der Waals surface area (Å²) in [6.45, 7) is 9.46. The number of carbonyl (C=O) groups excluding carboxylic acids is 1. The van der Waals surface area contributed by atoms with Gasteiger partial charge in [0, 0.05) is 39.3 Å². The molecule has 26 heavy (non-hydrogen) atoms. The molecule has 1 aromatic heterocycles. The van der Waals surface area contributed by atoms with Crippen molar-refractivity contribution >= 4 is 11.6 Å². The average molecular weight is 352 g/mol. The maximum absolute atomic E-state index is 12.7. The number of hydrogen-bond donors (Lipinski definition) is 1. The maximum atomic E-state index is 12.7. The van der Waals surface area contributed by atoms with E-state index >= 15 is 0 Å². The number of benzene rings is 1. The van der Waals surface area contributed by atoms with E-state index in [1.54, 1.807) is 6.20 Å². The second-order valence-electron chi connectivity index (χ2n) is 7.26. The molecule has 0 unspecified atom stereocenters. The molecular formula is C21H28N4O. The number of aromatic nitrogens is 1. The quantitative estimate of drug-likeness (QED) is 0.868. The van der Waals surface area contributed by atoms with Gasteiger partial charge >= 0.3 is 0 Å². The number of rotatable bonds is 6. The Morgan fingerprint density at radius 2 is 1.81 bits per heavy atom. The van der Waals surface area contributed by atoms with E-state index in [4.69, 9.17) is 0 Å². The molecule has 1 aromatic carbocycles. The van der Waals surface area contributed by atoms with Crippen LogP contribution in [0.5, 0.6) is 0 Å². The summed E-state index contributed by atoms with van der Waals surface area (Å²) in [5.74, 6) is 0.600. The number of carbonyl (C=O) groups is 1. The molecule has 1 aliphatic heterocycles. The van der Waals surface area contributed by atoms with Crippen molar-refractivity contribution in [2.75, 3.05) is 38.0 Å².